The normalized spacial score (nSPS) is 11.6. The number of nitrogens with zero attached hydrogens (tertiary/aromatic N) is 1. The molecule has 0 fully saturated rings. The highest BCUT2D eigenvalue weighted by atomic mass is 35.5. The summed E-state index contributed by atoms with van der Waals surface area (Å²) in [4.78, 5) is 0. The first-order valence-corrected chi connectivity index (χ1v) is 4.57. The van der Waals surface area contributed by atoms with Crippen LogP contribution in [0.3, 0.4) is 0 Å². The molecular formula is C11H6ClNO2. The molecule has 0 unspecified atom stereocenters. The van der Waals surface area contributed by atoms with Crippen molar-refractivity contribution in [2.24, 2.45) is 0 Å². The molecule has 0 radical (unpaired) electrons. The number of allylic oxidation sites excluding steroid dienone is 1. The third-order valence-electron chi connectivity index (χ3n) is 1.93. The molecule has 2 rings (SSSR count). The highest BCUT2D eigenvalue weighted by molar-refractivity contribution is 6.31. The molecule has 1 aromatic heterocycles. The van der Waals surface area contributed by atoms with Gasteiger partial charge in [0.2, 0.25) is 0 Å². The standard InChI is InChI=1S/C11H6ClNO2/c12-8-1-2-10-7(5-8)6-11(15-10)9(14)3-4-13/h1-3,5-6,14H/b9-3-. The Morgan fingerprint density at radius 1 is 1.47 bits per heavy atom. The van der Waals surface area contributed by atoms with Crippen molar-refractivity contribution in [2.75, 3.05) is 0 Å². The fourth-order valence-electron chi connectivity index (χ4n) is 1.27. The molecule has 0 atom stereocenters. The monoisotopic (exact) mass is 219 g/mol. The van der Waals surface area contributed by atoms with E-state index in [0.29, 0.717) is 10.6 Å². The summed E-state index contributed by atoms with van der Waals surface area (Å²) < 4.78 is 5.31. The van der Waals surface area contributed by atoms with Crippen molar-refractivity contribution in [1.82, 2.24) is 0 Å². The van der Waals surface area contributed by atoms with Gasteiger partial charge in [0.25, 0.3) is 0 Å². The number of benzene rings is 1. The maximum atomic E-state index is 9.40. The molecule has 1 aromatic carbocycles. The van der Waals surface area contributed by atoms with E-state index in [0.717, 1.165) is 11.5 Å². The second-order valence-electron chi connectivity index (χ2n) is 2.95. The van der Waals surface area contributed by atoms with Crippen LogP contribution in [0.5, 0.6) is 0 Å². The molecule has 74 valence electrons. The molecular weight excluding hydrogens is 214 g/mol. The van der Waals surface area contributed by atoms with E-state index in [4.69, 9.17) is 21.3 Å². The van der Waals surface area contributed by atoms with Gasteiger partial charge >= 0.3 is 0 Å². The molecule has 1 heterocycles. The van der Waals surface area contributed by atoms with Gasteiger partial charge in [0.1, 0.15) is 5.58 Å². The number of hydrogen-bond donors (Lipinski definition) is 1. The molecule has 0 bridgehead atoms. The zero-order valence-electron chi connectivity index (χ0n) is 7.57. The fourth-order valence-corrected chi connectivity index (χ4v) is 1.45. The van der Waals surface area contributed by atoms with Crippen molar-refractivity contribution in [3.8, 4) is 6.07 Å². The number of aliphatic hydroxyl groups excluding tert-OH is 1. The van der Waals surface area contributed by atoms with Crippen LogP contribution in [0, 0.1) is 11.3 Å². The quantitative estimate of drug-likeness (QED) is 0.590. The first kappa shape index (κ1) is 9.63. The van der Waals surface area contributed by atoms with E-state index in [1.807, 2.05) is 0 Å². The van der Waals surface area contributed by atoms with Crippen molar-refractivity contribution in [3.63, 3.8) is 0 Å². The van der Waals surface area contributed by atoms with Crippen LogP contribution in [-0.2, 0) is 0 Å². The van der Waals surface area contributed by atoms with E-state index in [2.05, 4.69) is 0 Å². The highest BCUT2D eigenvalue weighted by Gasteiger charge is 2.07. The lowest BCUT2D eigenvalue weighted by atomic mass is 10.2. The van der Waals surface area contributed by atoms with Gasteiger partial charge in [0, 0.05) is 10.4 Å². The van der Waals surface area contributed by atoms with Crippen LogP contribution in [0.4, 0.5) is 0 Å². The zero-order chi connectivity index (χ0) is 10.8. The predicted octanol–water partition coefficient (Wildman–Crippen LogP) is 3.51. The van der Waals surface area contributed by atoms with Gasteiger partial charge in [-0.1, -0.05) is 11.6 Å². The van der Waals surface area contributed by atoms with Crippen molar-refractivity contribution >= 4 is 28.3 Å². The smallest absolute Gasteiger partial charge is 0.170 e. The number of aliphatic hydroxyl groups is 1. The number of rotatable bonds is 1. The van der Waals surface area contributed by atoms with Crippen LogP contribution in [-0.4, -0.2) is 5.11 Å². The number of furan rings is 1. The van der Waals surface area contributed by atoms with Crippen LogP contribution < -0.4 is 0 Å². The lowest BCUT2D eigenvalue weighted by Crippen LogP contribution is -1.75. The SMILES string of the molecule is N#C/C=C(\O)c1cc2cc(Cl)ccc2o1. The third-order valence-corrected chi connectivity index (χ3v) is 2.17. The summed E-state index contributed by atoms with van der Waals surface area (Å²) in [5.74, 6) is 0.0682. The minimum atomic E-state index is -0.190. The van der Waals surface area contributed by atoms with E-state index < -0.39 is 0 Å². The summed E-state index contributed by atoms with van der Waals surface area (Å²) in [7, 11) is 0. The summed E-state index contributed by atoms with van der Waals surface area (Å²) in [5, 5.41) is 19.2. The molecule has 0 aliphatic rings. The van der Waals surface area contributed by atoms with Gasteiger partial charge in [-0.05, 0) is 24.3 Å². The van der Waals surface area contributed by atoms with Crippen LogP contribution in [0.1, 0.15) is 5.76 Å². The molecule has 0 saturated heterocycles. The van der Waals surface area contributed by atoms with Crippen LogP contribution in [0.15, 0.2) is 34.8 Å². The van der Waals surface area contributed by atoms with Gasteiger partial charge in [-0.25, -0.2) is 0 Å². The molecule has 1 N–H and O–H groups in total. The van der Waals surface area contributed by atoms with Crippen LogP contribution in [0.25, 0.3) is 16.7 Å². The van der Waals surface area contributed by atoms with Crippen LogP contribution >= 0.6 is 11.6 Å². The summed E-state index contributed by atoms with van der Waals surface area (Å²) >= 11 is 5.80. The van der Waals surface area contributed by atoms with Gasteiger partial charge in [-0.15, -0.1) is 0 Å². The second-order valence-corrected chi connectivity index (χ2v) is 3.39. The van der Waals surface area contributed by atoms with Gasteiger partial charge in [-0.2, -0.15) is 5.26 Å². The number of nitriles is 1. The molecule has 15 heavy (non-hydrogen) atoms. The van der Waals surface area contributed by atoms with Crippen LogP contribution in [0.2, 0.25) is 5.02 Å². The fraction of sp³-hybridized carbons (Fsp3) is 0. The van der Waals surface area contributed by atoms with E-state index in [1.165, 1.54) is 0 Å². The predicted molar refractivity (Wildman–Crippen MR) is 57.4 cm³/mol. The summed E-state index contributed by atoms with van der Waals surface area (Å²) in [6.45, 7) is 0. The van der Waals surface area contributed by atoms with E-state index in [9.17, 15) is 5.11 Å². The second kappa shape index (κ2) is 3.68. The Hall–Kier alpha value is -1.92. The van der Waals surface area contributed by atoms with Crippen molar-refractivity contribution in [2.45, 2.75) is 0 Å². The minimum Gasteiger partial charge on any atom is -0.504 e. The lowest BCUT2D eigenvalue weighted by molar-refractivity contribution is 0.471. The molecule has 0 spiro atoms. The Balaban J connectivity index is 2.58. The minimum absolute atomic E-state index is 0.190. The first-order valence-electron chi connectivity index (χ1n) is 4.19. The summed E-state index contributed by atoms with van der Waals surface area (Å²) in [5.41, 5.74) is 0.618. The molecule has 0 aliphatic heterocycles. The average molecular weight is 220 g/mol. The van der Waals surface area contributed by atoms with Crippen molar-refractivity contribution in [3.05, 3.63) is 41.1 Å². The Morgan fingerprint density at radius 3 is 3.00 bits per heavy atom. The molecule has 4 heteroatoms. The maximum Gasteiger partial charge on any atom is 0.170 e. The first-order chi connectivity index (χ1) is 7.20. The van der Waals surface area contributed by atoms with Crippen molar-refractivity contribution in [1.29, 1.82) is 5.26 Å². The van der Waals surface area contributed by atoms with E-state index in [1.54, 1.807) is 30.3 Å². The largest absolute Gasteiger partial charge is 0.504 e. The van der Waals surface area contributed by atoms with Gasteiger partial charge in [0.05, 0.1) is 12.1 Å². The number of fused-ring (bicyclic) bond motifs is 1. The maximum absolute atomic E-state index is 9.40. The average Bonchev–Trinajstić information content (AvgIpc) is 2.60. The zero-order valence-corrected chi connectivity index (χ0v) is 8.32. The molecule has 0 saturated carbocycles. The lowest BCUT2D eigenvalue weighted by Gasteiger charge is -1.89. The van der Waals surface area contributed by atoms with Gasteiger partial charge in [-0.3, -0.25) is 0 Å². The number of halogens is 1. The molecule has 0 amide bonds. The van der Waals surface area contributed by atoms with Gasteiger partial charge < -0.3 is 9.52 Å². The topological polar surface area (TPSA) is 57.2 Å². The number of hydrogen-bond acceptors (Lipinski definition) is 3. The van der Waals surface area contributed by atoms with Crippen molar-refractivity contribution < 1.29 is 9.52 Å². The summed E-state index contributed by atoms with van der Waals surface area (Å²) in [6, 6.07) is 8.48. The Bertz CT molecular complexity index is 578. The molecule has 2 aromatic rings. The third kappa shape index (κ3) is 1.80. The van der Waals surface area contributed by atoms with Gasteiger partial charge in [0.15, 0.2) is 11.5 Å². The summed E-state index contributed by atoms with van der Waals surface area (Å²) in [6.07, 6.45) is 1.01. The highest BCUT2D eigenvalue weighted by Crippen LogP contribution is 2.25. The Labute approximate surface area is 90.8 Å². The van der Waals surface area contributed by atoms with E-state index in [-0.39, 0.29) is 11.5 Å². The molecule has 3 nitrogen and oxygen atoms in total. The van der Waals surface area contributed by atoms with E-state index >= 15 is 0 Å². The Morgan fingerprint density at radius 2 is 2.27 bits per heavy atom. The Kier molecular flexibility index (Phi) is 2.36. The molecule has 0 aliphatic carbocycles.